The normalized spacial score (nSPS) is 16.9. The number of nitrogens with one attached hydrogen (secondary N) is 1. The number of ether oxygens (including phenoxy) is 1. The molecule has 3 aromatic rings. The molecule has 0 fully saturated rings. The zero-order valence-corrected chi connectivity index (χ0v) is 16.2. The quantitative estimate of drug-likeness (QED) is 0.389. The number of aliphatic hydroxyl groups is 1. The van der Waals surface area contributed by atoms with Gasteiger partial charge in [-0.25, -0.2) is 9.78 Å². The number of thiophene rings is 1. The summed E-state index contributed by atoms with van der Waals surface area (Å²) in [6.45, 7) is 1.83. The van der Waals surface area contributed by atoms with E-state index in [4.69, 9.17) is 4.74 Å². The summed E-state index contributed by atoms with van der Waals surface area (Å²) < 4.78 is 5.24. The van der Waals surface area contributed by atoms with E-state index in [0.717, 1.165) is 24.8 Å². The van der Waals surface area contributed by atoms with Gasteiger partial charge in [-0.05, 0) is 48.9 Å². The summed E-state index contributed by atoms with van der Waals surface area (Å²) in [5.74, 6) is 0.0584. The number of carbonyl (C=O) groups is 1. The maximum Gasteiger partial charge on any atom is 0.348 e. The van der Waals surface area contributed by atoms with Gasteiger partial charge in [0.15, 0.2) is 11.6 Å². The van der Waals surface area contributed by atoms with Crippen LogP contribution in [0.2, 0.25) is 0 Å². The third-order valence-corrected chi connectivity index (χ3v) is 6.11. The van der Waals surface area contributed by atoms with E-state index in [1.165, 1.54) is 21.8 Å². The number of nitrogens with zero attached hydrogens (tertiary/aromatic N) is 2. The first-order valence-electron chi connectivity index (χ1n) is 9.11. The van der Waals surface area contributed by atoms with Crippen molar-refractivity contribution in [3.63, 3.8) is 0 Å². The molecule has 6 nitrogen and oxygen atoms in total. The minimum Gasteiger partial charge on any atom is -0.507 e. The van der Waals surface area contributed by atoms with E-state index in [9.17, 15) is 15.2 Å². The second kappa shape index (κ2) is 7.49. The number of aryl methyl sites for hydroxylation is 1. The molecule has 1 aromatic carbocycles. The van der Waals surface area contributed by atoms with Gasteiger partial charge in [-0.15, -0.1) is 11.3 Å². The maximum atomic E-state index is 12.4. The highest BCUT2D eigenvalue weighted by Crippen LogP contribution is 2.32. The number of hydrogen-bond donors (Lipinski definition) is 2. The molecule has 142 valence electrons. The molecule has 0 radical (unpaired) electrons. The number of rotatable bonds is 4. The Morgan fingerprint density at radius 3 is 3.07 bits per heavy atom. The number of H-pyrrole nitrogens is 1. The summed E-state index contributed by atoms with van der Waals surface area (Å²) >= 11 is 1.45. The molecule has 2 heterocycles. The first kappa shape index (κ1) is 18.3. The van der Waals surface area contributed by atoms with Crippen molar-refractivity contribution < 1.29 is 14.6 Å². The van der Waals surface area contributed by atoms with Crippen molar-refractivity contribution in [3.8, 4) is 6.07 Å². The third kappa shape index (κ3) is 3.51. The fourth-order valence-electron chi connectivity index (χ4n) is 3.41. The number of nitriles is 1. The number of carbonyl (C=O) groups excluding carboxylic acids is 1. The lowest BCUT2D eigenvalue weighted by molar-refractivity contribution is 0.0508. The second-order valence-corrected chi connectivity index (χ2v) is 8.16. The number of hydrogen-bond acceptors (Lipinski definition) is 6. The molecule has 1 aliphatic carbocycles. The Labute approximate surface area is 166 Å². The molecule has 0 unspecified atom stereocenters. The summed E-state index contributed by atoms with van der Waals surface area (Å²) in [6, 6.07) is 11.2. The summed E-state index contributed by atoms with van der Waals surface area (Å²) in [5, 5.41) is 19.7. The van der Waals surface area contributed by atoms with Gasteiger partial charge in [0.2, 0.25) is 0 Å². The molecule has 28 heavy (non-hydrogen) atoms. The van der Waals surface area contributed by atoms with Crippen LogP contribution < -0.4 is 0 Å². The van der Waals surface area contributed by atoms with Crippen LogP contribution in [0.15, 0.2) is 36.1 Å². The first-order chi connectivity index (χ1) is 13.5. The van der Waals surface area contributed by atoms with E-state index in [2.05, 4.69) is 16.9 Å². The molecule has 2 N–H and O–H groups in total. The van der Waals surface area contributed by atoms with Crippen LogP contribution in [-0.4, -0.2) is 27.7 Å². The summed E-state index contributed by atoms with van der Waals surface area (Å²) in [7, 11) is 0. The Balaban J connectivity index is 1.50. The molecule has 0 saturated heterocycles. The number of imidazole rings is 1. The molecule has 7 heteroatoms. The fraction of sp³-hybridized carbons (Fsp3) is 0.286. The number of esters is 1. The largest absolute Gasteiger partial charge is 0.507 e. The maximum absolute atomic E-state index is 12.4. The number of benzene rings is 1. The number of allylic oxidation sites excluding steroid dienone is 1. The van der Waals surface area contributed by atoms with E-state index in [0.29, 0.717) is 16.3 Å². The fourth-order valence-corrected chi connectivity index (χ4v) is 4.51. The van der Waals surface area contributed by atoms with Crippen LogP contribution >= 0.6 is 11.3 Å². The van der Waals surface area contributed by atoms with Crippen LogP contribution in [0.5, 0.6) is 0 Å². The summed E-state index contributed by atoms with van der Waals surface area (Å²) in [4.78, 5) is 21.5. The monoisotopic (exact) mass is 393 g/mol. The highest BCUT2D eigenvalue weighted by Gasteiger charge is 2.22. The highest BCUT2D eigenvalue weighted by atomic mass is 32.1. The van der Waals surface area contributed by atoms with Gasteiger partial charge in [-0.2, -0.15) is 5.26 Å². The Kier molecular flexibility index (Phi) is 4.88. The van der Waals surface area contributed by atoms with E-state index >= 15 is 0 Å². The van der Waals surface area contributed by atoms with E-state index in [-0.39, 0.29) is 23.8 Å². The molecule has 4 rings (SSSR count). The van der Waals surface area contributed by atoms with Crippen LogP contribution in [0.25, 0.3) is 16.6 Å². The average molecular weight is 393 g/mol. The number of aromatic nitrogens is 2. The van der Waals surface area contributed by atoms with Gasteiger partial charge in [-0.3, -0.25) is 0 Å². The Morgan fingerprint density at radius 1 is 1.46 bits per heavy atom. The van der Waals surface area contributed by atoms with Crippen molar-refractivity contribution in [3.05, 3.63) is 57.2 Å². The Hall–Kier alpha value is -3.11. The molecule has 0 amide bonds. The minimum absolute atomic E-state index is 0.0386. The molecule has 0 saturated carbocycles. The van der Waals surface area contributed by atoms with Gasteiger partial charge < -0.3 is 14.8 Å². The average Bonchev–Trinajstić information content (AvgIpc) is 3.30. The van der Waals surface area contributed by atoms with E-state index in [1.54, 1.807) is 6.07 Å². The molecule has 1 atom stereocenters. The number of para-hydroxylation sites is 2. The first-order valence-corrected chi connectivity index (χ1v) is 9.93. The van der Waals surface area contributed by atoms with E-state index < -0.39 is 5.97 Å². The van der Waals surface area contributed by atoms with Crippen molar-refractivity contribution in [1.82, 2.24) is 9.97 Å². The summed E-state index contributed by atoms with van der Waals surface area (Å²) in [5.41, 5.74) is 2.63. The van der Waals surface area contributed by atoms with Crippen molar-refractivity contribution in [2.24, 2.45) is 5.92 Å². The van der Waals surface area contributed by atoms with Gasteiger partial charge in [-0.1, -0.05) is 19.1 Å². The van der Waals surface area contributed by atoms with Crippen LogP contribution in [0.4, 0.5) is 0 Å². The third-order valence-electron chi connectivity index (χ3n) is 4.90. The van der Waals surface area contributed by atoms with Crippen LogP contribution in [-0.2, 0) is 17.6 Å². The standard InChI is InChI=1S/C21H19N3O3S/c1-12-6-7-18-13(8-12)9-19(28-18)21(26)27-11-17(25)14(10-22)20-23-15-4-2-3-5-16(15)24-20/h2-5,9,12,25H,6-8,11H2,1H3,(H,23,24)/b17-14-/t12-/m0/s1. The Morgan fingerprint density at radius 2 is 2.29 bits per heavy atom. The molecule has 2 aromatic heterocycles. The van der Waals surface area contributed by atoms with Crippen molar-refractivity contribution in [2.75, 3.05) is 6.61 Å². The minimum atomic E-state index is -0.486. The molecular weight excluding hydrogens is 374 g/mol. The zero-order valence-electron chi connectivity index (χ0n) is 15.4. The predicted molar refractivity (Wildman–Crippen MR) is 107 cm³/mol. The van der Waals surface area contributed by atoms with Crippen molar-refractivity contribution in [2.45, 2.75) is 26.2 Å². The summed E-state index contributed by atoms with van der Waals surface area (Å²) in [6.07, 6.45) is 3.10. The smallest absolute Gasteiger partial charge is 0.348 e. The number of aliphatic hydroxyl groups excluding tert-OH is 1. The zero-order chi connectivity index (χ0) is 19.7. The van der Waals surface area contributed by atoms with Gasteiger partial charge >= 0.3 is 5.97 Å². The van der Waals surface area contributed by atoms with Crippen LogP contribution in [0.1, 0.15) is 39.3 Å². The Bertz CT molecular complexity index is 1090. The topological polar surface area (TPSA) is 99.0 Å². The molecular formula is C21H19N3O3S. The van der Waals surface area contributed by atoms with E-state index in [1.807, 2.05) is 30.3 Å². The van der Waals surface area contributed by atoms with Gasteiger partial charge in [0.05, 0.1) is 11.0 Å². The molecule has 0 bridgehead atoms. The second-order valence-electron chi connectivity index (χ2n) is 7.02. The lowest BCUT2D eigenvalue weighted by Gasteiger charge is -2.16. The highest BCUT2D eigenvalue weighted by molar-refractivity contribution is 7.14. The van der Waals surface area contributed by atoms with Crippen molar-refractivity contribution >= 4 is 33.9 Å². The van der Waals surface area contributed by atoms with Crippen LogP contribution in [0.3, 0.4) is 0 Å². The lowest BCUT2D eigenvalue weighted by atomic mass is 9.90. The predicted octanol–water partition coefficient (Wildman–Crippen LogP) is 4.40. The number of aromatic amines is 1. The molecule has 0 spiro atoms. The van der Waals surface area contributed by atoms with Crippen molar-refractivity contribution in [1.29, 1.82) is 5.26 Å². The van der Waals surface area contributed by atoms with Gasteiger partial charge in [0.1, 0.15) is 23.1 Å². The molecule has 1 aliphatic rings. The van der Waals surface area contributed by atoms with Gasteiger partial charge in [0, 0.05) is 4.88 Å². The van der Waals surface area contributed by atoms with Gasteiger partial charge in [0.25, 0.3) is 0 Å². The number of fused-ring (bicyclic) bond motifs is 2. The van der Waals surface area contributed by atoms with Crippen LogP contribution in [0, 0.1) is 17.2 Å². The molecule has 0 aliphatic heterocycles. The lowest BCUT2D eigenvalue weighted by Crippen LogP contribution is -2.08. The SMILES string of the molecule is C[C@H]1CCc2sc(C(=O)OC/C(O)=C(\C#N)c3nc4ccccc4[nH]3)cc2C1.